The van der Waals surface area contributed by atoms with Gasteiger partial charge in [0.25, 0.3) is 0 Å². The Hall–Kier alpha value is -0.360. The Bertz CT molecular complexity index is 577. The minimum atomic E-state index is -2.87. The van der Waals surface area contributed by atoms with Crippen molar-refractivity contribution in [2.24, 2.45) is 0 Å². The van der Waals surface area contributed by atoms with Crippen molar-refractivity contribution >= 4 is 50.5 Å². The molecule has 0 saturated heterocycles. The third-order valence-corrected chi connectivity index (χ3v) is 4.87. The van der Waals surface area contributed by atoms with E-state index in [1.807, 2.05) is 0 Å². The average Bonchev–Trinajstić information content (AvgIpc) is 2.67. The zero-order valence-electron chi connectivity index (χ0n) is 9.25. The molecule has 1 heterocycles. The van der Waals surface area contributed by atoms with E-state index in [4.69, 9.17) is 23.2 Å². The van der Waals surface area contributed by atoms with Crippen LogP contribution in [0.1, 0.15) is 16.0 Å². The summed E-state index contributed by atoms with van der Waals surface area (Å²) in [6.07, 6.45) is 0. The van der Waals surface area contributed by atoms with Gasteiger partial charge in [0.15, 0.2) is 0 Å². The molecule has 1 nitrogen and oxygen atoms in total. The van der Waals surface area contributed by atoms with Crippen molar-refractivity contribution in [1.29, 1.82) is 0 Å². The molecular weight excluding hydrogens is 381 g/mol. The number of hydrogen-bond acceptors (Lipinski definition) is 2. The van der Waals surface area contributed by atoms with E-state index in [-0.39, 0.29) is 10.6 Å². The summed E-state index contributed by atoms with van der Waals surface area (Å²) >= 11 is 16.6. The lowest BCUT2D eigenvalue weighted by molar-refractivity contribution is -0.0503. The van der Waals surface area contributed by atoms with Gasteiger partial charge >= 0.3 is 6.61 Å². The van der Waals surface area contributed by atoms with Crippen LogP contribution in [0.25, 0.3) is 0 Å². The van der Waals surface area contributed by atoms with E-state index in [2.05, 4.69) is 20.7 Å². The molecule has 0 saturated carbocycles. The lowest BCUT2D eigenvalue weighted by Crippen LogP contribution is -2.05. The molecule has 102 valence electrons. The molecule has 0 N–H and O–H groups in total. The number of rotatable bonds is 4. The van der Waals surface area contributed by atoms with Gasteiger partial charge < -0.3 is 4.74 Å². The quantitative estimate of drug-likeness (QED) is 0.572. The Morgan fingerprint density at radius 3 is 2.42 bits per heavy atom. The molecule has 1 aromatic carbocycles. The number of thiophene rings is 1. The predicted octanol–water partition coefficient (Wildman–Crippen LogP) is 6.14. The topological polar surface area (TPSA) is 9.23 Å². The summed E-state index contributed by atoms with van der Waals surface area (Å²) in [6, 6.07) is 8.25. The molecule has 2 rings (SSSR count). The maximum atomic E-state index is 12.4. The molecule has 0 bridgehead atoms. The van der Waals surface area contributed by atoms with E-state index in [0.29, 0.717) is 14.2 Å². The number of para-hydroxylation sites is 1. The molecule has 7 heteroatoms. The van der Waals surface area contributed by atoms with E-state index in [1.165, 1.54) is 17.4 Å². The van der Waals surface area contributed by atoms with Crippen molar-refractivity contribution < 1.29 is 13.5 Å². The van der Waals surface area contributed by atoms with E-state index in [9.17, 15) is 8.78 Å². The maximum absolute atomic E-state index is 12.4. The number of ether oxygens (including phenoxy) is 1. The van der Waals surface area contributed by atoms with Crippen molar-refractivity contribution in [1.82, 2.24) is 0 Å². The van der Waals surface area contributed by atoms with Crippen LogP contribution in [0.5, 0.6) is 5.75 Å². The van der Waals surface area contributed by atoms with Crippen LogP contribution in [0, 0.1) is 0 Å². The van der Waals surface area contributed by atoms with Crippen LogP contribution in [0.3, 0.4) is 0 Å². The second kappa shape index (κ2) is 6.39. The van der Waals surface area contributed by atoms with Gasteiger partial charge in [-0.25, -0.2) is 0 Å². The van der Waals surface area contributed by atoms with Crippen LogP contribution in [-0.2, 0) is 0 Å². The van der Waals surface area contributed by atoms with Gasteiger partial charge in [-0.2, -0.15) is 8.78 Å². The van der Waals surface area contributed by atoms with Gasteiger partial charge in [-0.15, -0.1) is 11.3 Å². The summed E-state index contributed by atoms with van der Waals surface area (Å²) < 4.78 is 30.3. The summed E-state index contributed by atoms with van der Waals surface area (Å²) in [4.78, 5) is -0.362. The second-order valence-electron chi connectivity index (χ2n) is 3.56. The van der Waals surface area contributed by atoms with E-state index in [0.717, 1.165) is 5.56 Å². The molecule has 1 unspecified atom stereocenters. The highest BCUT2D eigenvalue weighted by Crippen LogP contribution is 2.44. The zero-order chi connectivity index (χ0) is 14.0. The summed E-state index contributed by atoms with van der Waals surface area (Å²) in [5, 5.41) is 0. The minimum Gasteiger partial charge on any atom is -0.434 e. The normalized spacial score (nSPS) is 12.7. The van der Waals surface area contributed by atoms with Crippen molar-refractivity contribution in [3.8, 4) is 5.75 Å². The summed E-state index contributed by atoms with van der Waals surface area (Å²) in [5.41, 5.74) is 1.29. The van der Waals surface area contributed by atoms with Crippen molar-refractivity contribution in [2.75, 3.05) is 0 Å². The van der Waals surface area contributed by atoms with Crippen LogP contribution in [0.15, 0.2) is 30.3 Å². The molecular formula is C12H7BrCl2F2OS. The third-order valence-electron chi connectivity index (χ3n) is 2.36. The van der Waals surface area contributed by atoms with Crippen LogP contribution in [0.4, 0.5) is 8.78 Å². The molecule has 19 heavy (non-hydrogen) atoms. The van der Waals surface area contributed by atoms with Gasteiger partial charge in [0.05, 0.1) is 13.5 Å². The standard InChI is InChI=1S/C12H7BrCl2F2OS/c13-10(7-5-9(14)19-11(7)15)6-3-1-2-4-8(6)18-12(16)17/h1-5,10,12H. The number of hydrogen-bond donors (Lipinski definition) is 0. The van der Waals surface area contributed by atoms with Crippen molar-refractivity contribution in [3.63, 3.8) is 0 Å². The first kappa shape index (κ1) is 15.0. The summed E-state index contributed by atoms with van der Waals surface area (Å²) in [7, 11) is 0. The zero-order valence-corrected chi connectivity index (χ0v) is 13.2. The number of halogens is 5. The monoisotopic (exact) mass is 386 g/mol. The molecule has 0 radical (unpaired) electrons. The largest absolute Gasteiger partial charge is 0.434 e. The Balaban J connectivity index is 2.38. The molecule has 0 aliphatic carbocycles. The first-order valence-electron chi connectivity index (χ1n) is 5.11. The molecule has 0 spiro atoms. The second-order valence-corrected chi connectivity index (χ2v) is 6.76. The molecule has 0 fully saturated rings. The predicted molar refractivity (Wildman–Crippen MR) is 78.2 cm³/mol. The van der Waals surface area contributed by atoms with E-state index >= 15 is 0 Å². The Kier molecular flexibility index (Phi) is 5.06. The van der Waals surface area contributed by atoms with Gasteiger partial charge in [0, 0.05) is 11.1 Å². The highest BCUT2D eigenvalue weighted by atomic mass is 79.9. The fourth-order valence-electron chi connectivity index (χ4n) is 1.59. The fourth-order valence-corrected chi connectivity index (χ4v) is 4.14. The molecule has 1 atom stereocenters. The molecule has 1 aromatic heterocycles. The highest BCUT2D eigenvalue weighted by Gasteiger charge is 2.21. The highest BCUT2D eigenvalue weighted by molar-refractivity contribution is 9.09. The van der Waals surface area contributed by atoms with Crippen LogP contribution in [0.2, 0.25) is 8.67 Å². The van der Waals surface area contributed by atoms with Crippen molar-refractivity contribution in [2.45, 2.75) is 11.4 Å². The molecule has 2 aromatic rings. The van der Waals surface area contributed by atoms with Crippen LogP contribution < -0.4 is 4.74 Å². The van der Waals surface area contributed by atoms with E-state index in [1.54, 1.807) is 24.3 Å². The lowest BCUT2D eigenvalue weighted by Gasteiger charge is -2.15. The van der Waals surface area contributed by atoms with Gasteiger partial charge in [-0.1, -0.05) is 57.3 Å². The van der Waals surface area contributed by atoms with Crippen LogP contribution >= 0.6 is 50.5 Å². The molecule has 0 amide bonds. The van der Waals surface area contributed by atoms with Crippen molar-refractivity contribution in [3.05, 3.63) is 50.1 Å². The maximum Gasteiger partial charge on any atom is 0.387 e. The van der Waals surface area contributed by atoms with Crippen LogP contribution in [-0.4, -0.2) is 6.61 Å². The first-order valence-corrected chi connectivity index (χ1v) is 7.60. The number of alkyl halides is 3. The smallest absolute Gasteiger partial charge is 0.387 e. The Labute approximate surface area is 131 Å². The fraction of sp³-hybridized carbons (Fsp3) is 0.167. The summed E-state index contributed by atoms with van der Waals surface area (Å²) in [5.74, 6) is 0.109. The van der Waals surface area contributed by atoms with Gasteiger partial charge in [-0.05, 0) is 12.1 Å². The van der Waals surface area contributed by atoms with Gasteiger partial charge in [0.1, 0.15) is 5.75 Å². The number of benzene rings is 1. The molecule has 0 aliphatic heterocycles. The minimum absolute atomic E-state index is 0.109. The first-order chi connectivity index (χ1) is 8.99. The Morgan fingerprint density at radius 2 is 1.84 bits per heavy atom. The van der Waals surface area contributed by atoms with E-state index < -0.39 is 6.61 Å². The molecule has 0 aliphatic rings. The average molecular weight is 388 g/mol. The lowest BCUT2D eigenvalue weighted by atomic mass is 10.1. The van der Waals surface area contributed by atoms with Gasteiger partial charge in [-0.3, -0.25) is 0 Å². The van der Waals surface area contributed by atoms with Gasteiger partial charge in [0.2, 0.25) is 0 Å². The summed E-state index contributed by atoms with van der Waals surface area (Å²) in [6.45, 7) is -2.87. The SMILES string of the molecule is FC(F)Oc1ccccc1C(Br)c1cc(Cl)sc1Cl. The Morgan fingerprint density at radius 1 is 1.16 bits per heavy atom. The third kappa shape index (κ3) is 3.60.